The summed E-state index contributed by atoms with van der Waals surface area (Å²) in [5, 5.41) is 20.2. The van der Waals surface area contributed by atoms with Gasteiger partial charge in [0, 0.05) is 18.7 Å². The van der Waals surface area contributed by atoms with Crippen LogP contribution in [0.4, 0.5) is 0 Å². The smallest absolute Gasteiger partial charge is 0.312 e. The summed E-state index contributed by atoms with van der Waals surface area (Å²) in [7, 11) is 1.67. The fourth-order valence-electron chi connectivity index (χ4n) is 3.97. The Labute approximate surface area is 144 Å². The molecule has 1 aliphatic rings. The van der Waals surface area contributed by atoms with Crippen LogP contribution in [0.3, 0.4) is 0 Å². The van der Waals surface area contributed by atoms with Crippen LogP contribution >= 0.6 is 0 Å². The Balaban J connectivity index is 2.16. The molecule has 0 bridgehead atoms. The van der Waals surface area contributed by atoms with Crippen LogP contribution in [0.5, 0.6) is 5.75 Å². The number of β-amino-alcohol motifs (C(OH)–C–C–N with tert-alkyl or cyclic N) is 1. The Morgan fingerprint density at radius 1 is 1.42 bits per heavy atom. The summed E-state index contributed by atoms with van der Waals surface area (Å²) < 4.78 is 5.53. The third kappa shape index (κ3) is 3.57. The van der Waals surface area contributed by atoms with Crippen molar-refractivity contribution in [3.63, 3.8) is 0 Å². The fraction of sp³-hybridized carbons (Fsp3) is 0.632. The van der Waals surface area contributed by atoms with Gasteiger partial charge in [0.05, 0.1) is 18.6 Å². The molecule has 1 saturated heterocycles. The predicted molar refractivity (Wildman–Crippen MR) is 93.3 cm³/mol. The molecule has 2 N–H and O–H groups in total. The predicted octanol–water partition coefficient (Wildman–Crippen LogP) is 2.75. The van der Waals surface area contributed by atoms with Crippen LogP contribution in [0, 0.1) is 19.3 Å². The Kier molecular flexibility index (Phi) is 5.88. The number of carboxylic acid groups (broad SMARTS) is 1. The first-order valence-corrected chi connectivity index (χ1v) is 8.62. The molecule has 2 atom stereocenters. The second-order valence-electron chi connectivity index (χ2n) is 6.99. The molecule has 0 unspecified atom stereocenters. The Hall–Kier alpha value is -1.59. The maximum Gasteiger partial charge on any atom is 0.312 e. The first-order chi connectivity index (χ1) is 11.3. The van der Waals surface area contributed by atoms with Gasteiger partial charge in [0.2, 0.25) is 0 Å². The van der Waals surface area contributed by atoms with Gasteiger partial charge in [-0.1, -0.05) is 31.0 Å². The quantitative estimate of drug-likeness (QED) is 0.836. The third-order valence-corrected chi connectivity index (χ3v) is 5.16. The van der Waals surface area contributed by atoms with Gasteiger partial charge in [0.25, 0.3) is 0 Å². The van der Waals surface area contributed by atoms with E-state index in [1.807, 2.05) is 13.8 Å². The van der Waals surface area contributed by atoms with Crippen LogP contribution in [0.25, 0.3) is 0 Å². The second-order valence-corrected chi connectivity index (χ2v) is 6.99. The molecular formula is C19H29NO4. The molecule has 24 heavy (non-hydrogen) atoms. The minimum atomic E-state index is -1.00. The molecule has 0 aliphatic carbocycles. The molecule has 0 radical (unpaired) electrons. The molecule has 0 amide bonds. The number of carboxylic acids is 1. The molecule has 5 heteroatoms. The van der Waals surface area contributed by atoms with Crippen molar-refractivity contribution in [1.29, 1.82) is 0 Å². The molecule has 0 aromatic heterocycles. The number of hydrogen-bond donors (Lipinski definition) is 2. The average Bonchev–Trinajstić information content (AvgIpc) is 2.49. The lowest BCUT2D eigenvalue weighted by Crippen LogP contribution is -2.54. The largest absolute Gasteiger partial charge is 0.496 e. The first-order valence-electron chi connectivity index (χ1n) is 8.62. The summed E-state index contributed by atoms with van der Waals surface area (Å²) in [5.41, 5.74) is 2.35. The van der Waals surface area contributed by atoms with Crippen LogP contribution in [-0.2, 0) is 11.3 Å². The number of aryl methyl sites for hydroxylation is 2. The monoisotopic (exact) mass is 335 g/mol. The molecule has 134 valence electrons. The van der Waals surface area contributed by atoms with E-state index in [1.165, 1.54) is 5.56 Å². The van der Waals surface area contributed by atoms with Crippen LogP contribution in [0.1, 0.15) is 42.9 Å². The lowest BCUT2D eigenvalue weighted by atomic mass is 9.72. The summed E-state index contributed by atoms with van der Waals surface area (Å²) in [4.78, 5) is 13.9. The summed E-state index contributed by atoms with van der Waals surface area (Å²) in [6, 6.07) is 4.19. The summed E-state index contributed by atoms with van der Waals surface area (Å²) in [5.74, 6) is -0.000741. The molecule has 0 spiro atoms. The highest BCUT2D eigenvalue weighted by Crippen LogP contribution is 2.38. The molecule has 2 rings (SSSR count). The van der Waals surface area contributed by atoms with Crippen molar-refractivity contribution >= 4 is 5.97 Å². The number of hydrogen-bond acceptors (Lipinski definition) is 4. The summed E-state index contributed by atoms with van der Waals surface area (Å²) in [6.07, 6.45) is 0.906. The van der Waals surface area contributed by atoms with E-state index >= 15 is 0 Å². The summed E-state index contributed by atoms with van der Waals surface area (Å²) >= 11 is 0. The molecular weight excluding hydrogens is 306 g/mol. The highest BCUT2D eigenvalue weighted by molar-refractivity contribution is 5.75. The van der Waals surface area contributed by atoms with Crippen molar-refractivity contribution < 1.29 is 19.7 Å². The number of aliphatic hydroxyl groups is 1. The average molecular weight is 335 g/mol. The first kappa shape index (κ1) is 18.7. The number of ether oxygens (including phenoxy) is 1. The van der Waals surface area contributed by atoms with E-state index in [9.17, 15) is 15.0 Å². The molecule has 1 aliphatic heterocycles. The number of aliphatic carboxylic acids is 1. The number of aliphatic hydroxyl groups excluding tert-OH is 1. The lowest BCUT2D eigenvalue weighted by molar-refractivity contribution is -0.164. The van der Waals surface area contributed by atoms with Gasteiger partial charge in [-0.25, -0.2) is 0 Å². The van der Waals surface area contributed by atoms with Crippen molar-refractivity contribution in [2.45, 2.75) is 52.7 Å². The van der Waals surface area contributed by atoms with Crippen LogP contribution < -0.4 is 4.74 Å². The Bertz CT molecular complexity index is 601. The van der Waals surface area contributed by atoms with Gasteiger partial charge in [0.1, 0.15) is 5.75 Å². The van der Waals surface area contributed by atoms with Gasteiger partial charge < -0.3 is 14.9 Å². The standard InChI is InChI=1S/C19H29NO4/c1-5-6-19(18(22)23)7-8-20(12-16(19)21)11-15-10-13(2)9-14(3)17(15)24-4/h9-10,16,21H,5-8,11-12H2,1-4H3,(H,22,23)/t16-,19-/m0/s1. The van der Waals surface area contributed by atoms with Gasteiger partial charge >= 0.3 is 5.97 Å². The van der Waals surface area contributed by atoms with Crippen molar-refractivity contribution in [2.24, 2.45) is 5.41 Å². The normalized spacial score (nSPS) is 24.8. The minimum absolute atomic E-state index is 0.377. The van der Waals surface area contributed by atoms with Gasteiger partial charge in [-0.15, -0.1) is 0 Å². The second kappa shape index (κ2) is 7.53. The summed E-state index contributed by atoms with van der Waals surface area (Å²) in [6.45, 7) is 7.74. The number of carbonyl (C=O) groups is 1. The van der Waals surface area contributed by atoms with E-state index in [0.717, 1.165) is 23.3 Å². The zero-order chi connectivity index (χ0) is 17.9. The molecule has 1 aromatic carbocycles. The van der Waals surface area contributed by atoms with Crippen LogP contribution in [-0.4, -0.2) is 47.4 Å². The van der Waals surface area contributed by atoms with Gasteiger partial charge in [-0.2, -0.15) is 0 Å². The molecule has 0 saturated carbocycles. The number of piperidine rings is 1. The van der Waals surface area contributed by atoms with E-state index in [1.54, 1.807) is 7.11 Å². The Morgan fingerprint density at radius 3 is 2.67 bits per heavy atom. The molecule has 5 nitrogen and oxygen atoms in total. The van der Waals surface area contributed by atoms with E-state index in [2.05, 4.69) is 24.0 Å². The van der Waals surface area contributed by atoms with E-state index in [0.29, 0.717) is 32.5 Å². The number of methoxy groups -OCH3 is 1. The van der Waals surface area contributed by atoms with Crippen molar-refractivity contribution in [3.05, 3.63) is 28.8 Å². The van der Waals surface area contributed by atoms with Crippen LogP contribution in [0.2, 0.25) is 0 Å². The third-order valence-electron chi connectivity index (χ3n) is 5.16. The van der Waals surface area contributed by atoms with Crippen molar-refractivity contribution in [1.82, 2.24) is 4.90 Å². The topological polar surface area (TPSA) is 70.0 Å². The number of rotatable bonds is 6. The molecule has 1 fully saturated rings. The maximum absolute atomic E-state index is 11.7. The number of nitrogens with zero attached hydrogens (tertiary/aromatic N) is 1. The van der Waals surface area contributed by atoms with Gasteiger partial charge in [0.15, 0.2) is 0 Å². The fourth-order valence-corrected chi connectivity index (χ4v) is 3.97. The highest BCUT2D eigenvalue weighted by atomic mass is 16.5. The number of likely N-dealkylation sites (tertiary alicyclic amines) is 1. The SMILES string of the molecule is CCC[C@]1(C(=O)O)CCN(Cc2cc(C)cc(C)c2OC)C[C@@H]1O. The van der Waals surface area contributed by atoms with Crippen LogP contribution in [0.15, 0.2) is 12.1 Å². The zero-order valence-corrected chi connectivity index (χ0v) is 15.1. The molecule has 1 heterocycles. The van der Waals surface area contributed by atoms with Crippen molar-refractivity contribution in [3.8, 4) is 5.75 Å². The van der Waals surface area contributed by atoms with Gasteiger partial charge in [-0.05, 0) is 38.8 Å². The number of benzene rings is 1. The van der Waals surface area contributed by atoms with E-state index in [4.69, 9.17) is 4.74 Å². The van der Waals surface area contributed by atoms with E-state index < -0.39 is 17.5 Å². The highest BCUT2D eigenvalue weighted by Gasteiger charge is 2.47. The maximum atomic E-state index is 11.7. The Morgan fingerprint density at radius 2 is 2.12 bits per heavy atom. The molecule has 1 aromatic rings. The van der Waals surface area contributed by atoms with E-state index in [-0.39, 0.29) is 0 Å². The lowest BCUT2D eigenvalue weighted by Gasteiger charge is -2.43. The van der Waals surface area contributed by atoms with Gasteiger partial charge in [-0.3, -0.25) is 9.69 Å². The minimum Gasteiger partial charge on any atom is -0.496 e. The zero-order valence-electron chi connectivity index (χ0n) is 15.1. The van der Waals surface area contributed by atoms with Crippen molar-refractivity contribution in [2.75, 3.05) is 20.2 Å².